The zero-order valence-electron chi connectivity index (χ0n) is 10.7. The first kappa shape index (κ1) is 12.7. The van der Waals surface area contributed by atoms with E-state index in [9.17, 15) is 0 Å². The van der Waals surface area contributed by atoms with Crippen LogP contribution in [0.4, 0.5) is 5.69 Å². The van der Waals surface area contributed by atoms with Crippen LogP contribution in [0.15, 0.2) is 12.3 Å². The van der Waals surface area contributed by atoms with Crippen LogP contribution < -0.4 is 5.32 Å². The van der Waals surface area contributed by atoms with E-state index in [4.69, 9.17) is 11.6 Å². The minimum absolute atomic E-state index is 0.545. The molecule has 2 heterocycles. The Balaban J connectivity index is 1.99. The van der Waals surface area contributed by atoms with Gasteiger partial charge >= 0.3 is 0 Å². The third kappa shape index (κ3) is 3.11. The number of hydrogen-bond donors (Lipinski definition) is 1. The molecule has 1 aromatic rings. The molecule has 1 saturated heterocycles. The predicted molar refractivity (Wildman–Crippen MR) is 72.7 cm³/mol. The molecule has 2 rings (SSSR count). The van der Waals surface area contributed by atoms with Gasteiger partial charge in [-0.15, -0.1) is 0 Å². The Morgan fingerprint density at radius 3 is 2.94 bits per heavy atom. The number of likely N-dealkylation sites (tertiary alicyclic amines) is 1. The Morgan fingerprint density at radius 1 is 1.53 bits per heavy atom. The van der Waals surface area contributed by atoms with Crippen molar-refractivity contribution in [2.45, 2.75) is 38.8 Å². The average Bonchev–Trinajstić information content (AvgIpc) is 2.29. The van der Waals surface area contributed by atoms with Crippen molar-refractivity contribution in [2.24, 2.45) is 0 Å². The molecule has 1 fully saturated rings. The third-order valence-electron chi connectivity index (χ3n) is 3.59. The lowest BCUT2D eigenvalue weighted by Gasteiger charge is -2.35. The van der Waals surface area contributed by atoms with Gasteiger partial charge in [-0.1, -0.05) is 11.6 Å². The molecule has 0 amide bonds. The molecule has 2 unspecified atom stereocenters. The van der Waals surface area contributed by atoms with E-state index >= 15 is 0 Å². The fourth-order valence-electron chi connectivity index (χ4n) is 2.29. The Hall–Kier alpha value is -0.800. The van der Waals surface area contributed by atoms with Crippen LogP contribution in [0.3, 0.4) is 0 Å². The SMILES string of the molecule is Cc1cc(NC2CCN(C)C(C)C2)cnc1Cl. The molecular formula is C13H20ClN3. The van der Waals surface area contributed by atoms with Gasteiger partial charge in [0.05, 0.1) is 11.9 Å². The van der Waals surface area contributed by atoms with E-state index in [2.05, 4.69) is 35.2 Å². The van der Waals surface area contributed by atoms with Crippen molar-refractivity contribution in [3.8, 4) is 0 Å². The Morgan fingerprint density at radius 2 is 2.29 bits per heavy atom. The van der Waals surface area contributed by atoms with E-state index in [-0.39, 0.29) is 0 Å². The maximum absolute atomic E-state index is 5.92. The molecule has 0 aromatic carbocycles. The number of piperidine rings is 1. The highest BCUT2D eigenvalue weighted by Crippen LogP contribution is 2.21. The van der Waals surface area contributed by atoms with E-state index in [1.165, 1.54) is 12.8 Å². The number of halogens is 1. The largest absolute Gasteiger partial charge is 0.381 e. The van der Waals surface area contributed by atoms with E-state index in [0.29, 0.717) is 17.2 Å². The van der Waals surface area contributed by atoms with Crippen LogP contribution in [0.1, 0.15) is 25.3 Å². The molecule has 0 spiro atoms. The number of pyridine rings is 1. The van der Waals surface area contributed by atoms with Crippen LogP contribution in [0, 0.1) is 6.92 Å². The van der Waals surface area contributed by atoms with Gasteiger partial charge in [0.25, 0.3) is 0 Å². The summed E-state index contributed by atoms with van der Waals surface area (Å²) in [6, 6.07) is 3.25. The molecule has 94 valence electrons. The van der Waals surface area contributed by atoms with Crippen molar-refractivity contribution in [3.05, 3.63) is 23.0 Å². The van der Waals surface area contributed by atoms with E-state index in [1.807, 2.05) is 13.1 Å². The molecule has 17 heavy (non-hydrogen) atoms. The van der Waals surface area contributed by atoms with Crippen LogP contribution in [0.25, 0.3) is 0 Å². The summed E-state index contributed by atoms with van der Waals surface area (Å²) in [6.45, 7) is 5.41. The second-order valence-electron chi connectivity index (χ2n) is 5.03. The summed E-state index contributed by atoms with van der Waals surface area (Å²) >= 11 is 5.92. The molecule has 4 heteroatoms. The molecule has 2 atom stereocenters. The van der Waals surface area contributed by atoms with Crippen LogP contribution in [-0.4, -0.2) is 35.6 Å². The number of nitrogens with zero attached hydrogens (tertiary/aromatic N) is 2. The summed E-state index contributed by atoms with van der Waals surface area (Å²) in [5.41, 5.74) is 2.10. The summed E-state index contributed by atoms with van der Waals surface area (Å²) in [6.07, 6.45) is 4.18. The molecule has 1 aromatic heterocycles. The first-order valence-corrected chi connectivity index (χ1v) is 6.53. The lowest BCUT2D eigenvalue weighted by Crippen LogP contribution is -2.42. The van der Waals surface area contributed by atoms with Gasteiger partial charge in [-0.05, 0) is 45.4 Å². The fraction of sp³-hybridized carbons (Fsp3) is 0.615. The minimum atomic E-state index is 0.545. The Bertz CT molecular complexity index is 394. The molecule has 1 aliphatic rings. The summed E-state index contributed by atoms with van der Waals surface area (Å²) in [7, 11) is 2.19. The van der Waals surface area contributed by atoms with E-state index in [1.54, 1.807) is 0 Å². The first-order valence-electron chi connectivity index (χ1n) is 6.15. The van der Waals surface area contributed by atoms with Crippen molar-refractivity contribution >= 4 is 17.3 Å². The summed E-state index contributed by atoms with van der Waals surface area (Å²) in [4.78, 5) is 6.58. The van der Waals surface area contributed by atoms with Crippen molar-refractivity contribution in [2.75, 3.05) is 18.9 Å². The standard InChI is InChI=1S/C13H20ClN3/c1-9-6-12(8-15-13(9)14)16-11-4-5-17(3)10(2)7-11/h6,8,10-11,16H,4-5,7H2,1-3H3. The van der Waals surface area contributed by atoms with Crippen LogP contribution in [0.2, 0.25) is 5.15 Å². The maximum atomic E-state index is 5.92. The summed E-state index contributed by atoms with van der Waals surface area (Å²) in [5, 5.41) is 4.14. The second kappa shape index (κ2) is 5.23. The molecule has 0 bridgehead atoms. The van der Waals surface area contributed by atoms with Gasteiger partial charge in [0, 0.05) is 18.6 Å². The van der Waals surface area contributed by atoms with Crippen molar-refractivity contribution in [1.82, 2.24) is 9.88 Å². The minimum Gasteiger partial charge on any atom is -0.381 e. The summed E-state index contributed by atoms with van der Waals surface area (Å²) in [5.74, 6) is 0. The second-order valence-corrected chi connectivity index (χ2v) is 5.38. The number of aryl methyl sites for hydroxylation is 1. The quantitative estimate of drug-likeness (QED) is 0.822. The van der Waals surface area contributed by atoms with Crippen LogP contribution in [0.5, 0.6) is 0 Å². The molecule has 0 aliphatic carbocycles. The highest BCUT2D eigenvalue weighted by atomic mass is 35.5. The lowest BCUT2D eigenvalue weighted by molar-refractivity contribution is 0.190. The predicted octanol–water partition coefficient (Wildman–Crippen LogP) is 2.94. The number of aromatic nitrogens is 1. The number of hydrogen-bond acceptors (Lipinski definition) is 3. The maximum Gasteiger partial charge on any atom is 0.132 e. The molecule has 0 radical (unpaired) electrons. The molecule has 0 saturated carbocycles. The van der Waals surface area contributed by atoms with Crippen molar-refractivity contribution < 1.29 is 0 Å². The number of anilines is 1. The molecule has 3 nitrogen and oxygen atoms in total. The smallest absolute Gasteiger partial charge is 0.132 e. The summed E-state index contributed by atoms with van der Waals surface area (Å²) < 4.78 is 0. The van der Waals surface area contributed by atoms with Gasteiger partial charge in [-0.25, -0.2) is 4.98 Å². The van der Waals surface area contributed by atoms with Gasteiger partial charge in [0.2, 0.25) is 0 Å². The zero-order chi connectivity index (χ0) is 12.4. The van der Waals surface area contributed by atoms with Gasteiger partial charge < -0.3 is 10.2 Å². The van der Waals surface area contributed by atoms with E-state index < -0.39 is 0 Å². The first-order chi connectivity index (χ1) is 8.06. The van der Waals surface area contributed by atoms with Crippen LogP contribution in [-0.2, 0) is 0 Å². The number of nitrogens with one attached hydrogen (secondary N) is 1. The topological polar surface area (TPSA) is 28.2 Å². The van der Waals surface area contributed by atoms with Gasteiger partial charge in [-0.3, -0.25) is 0 Å². The highest BCUT2D eigenvalue weighted by Gasteiger charge is 2.22. The average molecular weight is 254 g/mol. The van der Waals surface area contributed by atoms with Crippen molar-refractivity contribution in [3.63, 3.8) is 0 Å². The Labute approximate surface area is 108 Å². The normalized spacial score (nSPS) is 25.9. The Kier molecular flexibility index (Phi) is 3.89. The third-order valence-corrected chi connectivity index (χ3v) is 3.99. The molecule has 1 aliphatic heterocycles. The zero-order valence-corrected chi connectivity index (χ0v) is 11.5. The van der Waals surface area contributed by atoms with Crippen molar-refractivity contribution in [1.29, 1.82) is 0 Å². The van der Waals surface area contributed by atoms with E-state index in [0.717, 1.165) is 17.8 Å². The molecular weight excluding hydrogens is 234 g/mol. The van der Waals surface area contributed by atoms with Gasteiger partial charge in [0.1, 0.15) is 5.15 Å². The molecule has 1 N–H and O–H groups in total. The fourth-order valence-corrected chi connectivity index (χ4v) is 2.40. The lowest BCUT2D eigenvalue weighted by atomic mass is 9.99. The van der Waals surface area contributed by atoms with Gasteiger partial charge in [0.15, 0.2) is 0 Å². The van der Waals surface area contributed by atoms with Crippen LogP contribution >= 0.6 is 11.6 Å². The monoisotopic (exact) mass is 253 g/mol. The van der Waals surface area contributed by atoms with Gasteiger partial charge in [-0.2, -0.15) is 0 Å². The highest BCUT2D eigenvalue weighted by molar-refractivity contribution is 6.30. The number of rotatable bonds is 2.